The fraction of sp³-hybridized carbons (Fsp3) is 0.200. The summed E-state index contributed by atoms with van der Waals surface area (Å²) in [5.74, 6) is 1.78. The van der Waals surface area contributed by atoms with Gasteiger partial charge in [0.2, 0.25) is 11.8 Å². The summed E-state index contributed by atoms with van der Waals surface area (Å²) in [6.45, 7) is 8.72. The second-order valence-electron chi connectivity index (χ2n) is 8.29. The maximum absolute atomic E-state index is 12.9. The fourth-order valence-electron chi connectivity index (χ4n) is 3.58. The van der Waals surface area contributed by atoms with Crippen LogP contribution in [0.5, 0.6) is 11.6 Å². The SMILES string of the molecule is CC(=O)Nc1ccc(S(=O)(=O)Nc2ccc(Oc3cc(-n4cnc(C)c4C)nc(C)n3)cc2)c(C)c1. The van der Waals surface area contributed by atoms with E-state index in [-0.39, 0.29) is 10.8 Å². The van der Waals surface area contributed by atoms with Crippen molar-refractivity contribution in [2.45, 2.75) is 39.5 Å². The lowest BCUT2D eigenvalue weighted by molar-refractivity contribution is -0.114. The van der Waals surface area contributed by atoms with Crippen LogP contribution in [0.2, 0.25) is 0 Å². The van der Waals surface area contributed by atoms with Crippen molar-refractivity contribution in [2.24, 2.45) is 0 Å². The number of anilines is 2. The fourth-order valence-corrected chi connectivity index (χ4v) is 4.87. The first-order valence-electron chi connectivity index (χ1n) is 11.1. The number of carbonyl (C=O) groups excluding carboxylic acids is 1. The Morgan fingerprint density at radius 3 is 2.25 bits per heavy atom. The highest BCUT2D eigenvalue weighted by atomic mass is 32.2. The lowest BCUT2D eigenvalue weighted by atomic mass is 10.2. The molecule has 186 valence electrons. The number of rotatable bonds is 7. The van der Waals surface area contributed by atoms with Gasteiger partial charge < -0.3 is 10.1 Å². The number of sulfonamides is 1. The molecular formula is C25H26N6O4S. The van der Waals surface area contributed by atoms with E-state index in [9.17, 15) is 13.2 Å². The van der Waals surface area contributed by atoms with Crippen LogP contribution < -0.4 is 14.8 Å². The molecule has 4 rings (SSSR count). The number of hydrogen-bond donors (Lipinski definition) is 2. The van der Waals surface area contributed by atoms with Crippen molar-refractivity contribution in [3.05, 3.63) is 77.6 Å². The van der Waals surface area contributed by atoms with Crippen LogP contribution in [0.25, 0.3) is 5.82 Å². The summed E-state index contributed by atoms with van der Waals surface area (Å²) < 4.78 is 36.2. The molecule has 0 fully saturated rings. The van der Waals surface area contributed by atoms with E-state index < -0.39 is 10.0 Å². The third kappa shape index (κ3) is 5.52. The lowest BCUT2D eigenvalue weighted by Crippen LogP contribution is -2.14. The van der Waals surface area contributed by atoms with Crippen molar-refractivity contribution in [1.82, 2.24) is 19.5 Å². The summed E-state index contributed by atoms with van der Waals surface area (Å²) in [4.78, 5) is 24.5. The normalized spacial score (nSPS) is 11.2. The molecule has 4 aromatic rings. The number of imidazole rings is 1. The minimum absolute atomic E-state index is 0.117. The van der Waals surface area contributed by atoms with Crippen molar-refractivity contribution in [2.75, 3.05) is 10.0 Å². The molecule has 1 amide bonds. The van der Waals surface area contributed by atoms with Crippen molar-refractivity contribution in [1.29, 1.82) is 0 Å². The summed E-state index contributed by atoms with van der Waals surface area (Å²) in [6, 6.07) is 12.8. The second kappa shape index (κ2) is 9.78. The van der Waals surface area contributed by atoms with Crippen LogP contribution in [0.15, 0.2) is 59.8 Å². The van der Waals surface area contributed by atoms with Gasteiger partial charge in [0, 0.05) is 30.1 Å². The standard InChI is InChI=1S/C25H26N6O4S/c1-15-12-21(29-19(5)32)8-11-23(15)36(33,34)30-20-6-9-22(10-7-20)35-25-13-24(27-18(4)28-25)31-14-26-16(2)17(31)3/h6-14,30H,1-5H3,(H,29,32). The van der Waals surface area contributed by atoms with Gasteiger partial charge in [0.15, 0.2) is 0 Å². The molecule has 2 heterocycles. The minimum Gasteiger partial charge on any atom is -0.439 e. The molecule has 0 unspecified atom stereocenters. The molecule has 2 N–H and O–H groups in total. The largest absolute Gasteiger partial charge is 0.439 e. The lowest BCUT2D eigenvalue weighted by Gasteiger charge is -2.13. The van der Waals surface area contributed by atoms with Crippen LogP contribution in [0, 0.1) is 27.7 Å². The van der Waals surface area contributed by atoms with Crippen LogP contribution >= 0.6 is 0 Å². The molecule has 0 atom stereocenters. The summed E-state index contributed by atoms with van der Waals surface area (Å²) in [5, 5.41) is 2.64. The summed E-state index contributed by atoms with van der Waals surface area (Å²) in [6.07, 6.45) is 1.70. The molecule has 0 saturated heterocycles. The molecule has 0 saturated carbocycles. The number of benzene rings is 2. The number of carbonyl (C=O) groups is 1. The van der Waals surface area contributed by atoms with Crippen LogP contribution in [-0.2, 0) is 14.8 Å². The van der Waals surface area contributed by atoms with Crippen molar-refractivity contribution in [3.63, 3.8) is 0 Å². The van der Waals surface area contributed by atoms with E-state index in [2.05, 4.69) is 25.0 Å². The maximum atomic E-state index is 12.9. The number of nitrogens with zero attached hydrogens (tertiary/aromatic N) is 4. The Morgan fingerprint density at radius 1 is 0.944 bits per heavy atom. The van der Waals surface area contributed by atoms with Gasteiger partial charge in [-0.15, -0.1) is 0 Å². The monoisotopic (exact) mass is 506 g/mol. The Balaban J connectivity index is 1.50. The first kappa shape index (κ1) is 24.9. The van der Waals surface area contributed by atoms with Gasteiger partial charge >= 0.3 is 0 Å². The van der Waals surface area contributed by atoms with E-state index in [0.29, 0.717) is 40.2 Å². The van der Waals surface area contributed by atoms with E-state index in [1.54, 1.807) is 62.6 Å². The Hall–Kier alpha value is -4.25. The average molecular weight is 507 g/mol. The van der Waals surface area contributed by atoms with Gasteiger partial charge in [-0.05, 0) is 75.7 Å². The Kier molecular flexibility index (Phi) is 6.75. The van der Waals surface area contributed by atoms with E-state index in [0.717, 1.165) is 11.4 Å². The number of nitrogens with one attached hydrogen (secondary N) is 2. The molecular weight excluding hydrogens is 480 g/mol. The zero-order valence-corrected chi connectivity index (χ0v) is 21.3. The zero-order valence-electron chi connectivity index (χ0n) is 20.5. The van der Waals surface area contributed by atoms with Gasteiger partial charge in [-0.2, -0.15) is 4.98 Å². The van der Waals surface area contributed by atoms with E-state index >= 15 is 0 Å². The topological polar surface area (TPSA) is 128 Å². The Labute approximate surface area is 209 Å². The second-order valence-corrected chi connectivity index (χ2v) is 9.94. The molecule has 0 spiro atoms. The van der Waals surface area contributed by atoms with Crippen LogP contribution in [0.3, 0.4) is 0 Å². The first-order valence-corrected chi connectivity index (χ1v) is 12.6. The van der Waals surface area contributed by atoms with Crippen LogP contribution in [0.1, 0.15) is 29.7 Å². The predicted octanol–water partition coefficient (Wildman–Crippen LogP) is 4.45. The van der Waals surface area contributed by atoms with E-state index in [1.165, 1.54) is 13.0 Å². The Morgan fingerprint density at radius 2 is 1.64 bits per heavy atom. The first-order chi connectivity index (χ1) is 17.0. The Bertz CT molecular complexity index is 1550. The molecule has 36 heavy (non-hydrogen) atoms. The van der Waals surface area contributed by atoms with Gasteiger partial charge in [0.05, 0.1) is 10.6 Å². The van der Waals surface area contributed by atoms with E-state index in [4.69, 9.17) is 4.74 Å². The number of aryl methyl sites for hydroxylation is 3. The summed E-state index contributed by atoms with van der Waals surface area (Å²) >= 11 is 0. The highest BCUT2D eigenvalue weighted by molar-refractivity contribution is 7.92. The van der Waals surface area contributed by atoms with Gasteiger partial charge in [-0.25, -0.2) is 18.4 Å². The third-order valence-corrected chi connectivity index (χ3v) is 6.95. The van der Waals surface area contributed by atoms with Crippen molar-refractivity contribution >= 4 is 27.3 Å². The van der Waals surface area contributed by atoms with Crippen molar-refractivity contribution < 1.29 is 17.9 Å². The molecule has 10 nitrogen and oxygen atoms in total. The third-order valence-electron chi connectivity index (χ3n) is 5.41. The number of ether oxygens (including phenoxy) is 1. The highest BCUT2D eigenvalue weighted by Gasteiger charge is 2.18. The smallest absolute Gasteiger partial charge is 0.262 e. The number of amides is 1. The minimum atomic E-state index is -3.84. The molecule has 0 aliphatic rings. The predicted molar refractivity (Wildman–Crippen MR) is 136 cm³/mol. The van der Waals surface area contributed by atoms with Gasteiger partial charge in [0.1, 0.15) is 23.7 Å². The number of aromatic nitrogens is 4. The van der Waals surface area contributed by atoms with Crippen LogP contribution in [0.4, 0.5) is 11.4 Å². The molecule has 0 aliphatic carbocycles. The highest BCUT2D eigenvalue weighted by Crippen LogP contribution is 2.26. The quantitative estimate of drug-likeness (QED) is 0.379. The van der Waals surface area contributed by atoms with Crippen molar-refractivity contribution in [3.8, 4) is 17.4 Å². The molecule has 2 aromatic carbocycles. The molecule has 2 aromatic heterocycles. The zero-order chi connectivity index (χ0) is 26.0. The van der Waals surface area contributed by atoms with Crippen LogP contribution in [-0.4, -0.2) is 33.8 Å². The molecule has 0 bridgehead atoms. The maximum Gasteiger partial charge on any atom is 0.262 e. The number of hydrogen-bond acceptors (Lipinski definition) is 7. The van der Waals surface area contributed by atoms with E-state index in [1.807, 2.05) is 18.4 Å². The molecule has 0 aliphatic heterocycles. The average Bonchev–Trinajstić information content (AvgIpc) is 3.12. The van der Waals surface area contributed by atoms with Gasteiger partial charge in [-0.3, -0.25) is 14.1 Å². The summed E-state index contributed by atoms with van der Waals surface area (Å²) in [5.41, 5.74) is 3.28. The van der Waals surface area contributed by atoms with Gasteiger partial charge in [0.25, 0.3) is 10.0 Å². The molecule has 11 heteroatoms. The summed E-state index contributed by atoms with van der Waals surface area (Å²) in [7, 11) is -3.84. The molecule has 0 radical (unpaired) electrons. The van der Waals surface area contributed by atoms with Gasteiger partial charge in [-0.1, -0.05) is 0 Å².